The van der Waals surface area contributed by atoms with Crippen LogP contribution in [0.4, 0.5) is 0 Å². The third kappa shape index (κ3) is 6.32. The standard InChI is InChI=1S/C43H70N2O6/c1-27(2)29-13-18-43(23-34(46)45(10)26-28-25-44-21-22-50-28)20-19-41(8)30(36(29)43)11-12-32-40(7)16-15-33(51-35(47)24-38(3,4)37(48)49)39(5,6)31(40)14-17-42(32,41)9/h28-33,36,44H,1,11-26H2,2-10H3,(H,48,49)/t28?,29-,30+,31?,32?,33-,36+,40-,41+,42+,43+/m0/s1. The van der Waals surface area contributed by atoms with Crippen molar-refractivity contribution in [3.05, 3.63) is 12.2 Å². The van der Waals surface area contributed by atoms with E-state index in [0.29, 0.717) is 49.2 Å². The zero-order chi connectivity index (χ0) is 37.4. The average Bonchev–Trinajstić information content (AvgIpc) is 3.42. The van der Waals surface area contributed by atoms with Crippen LogP contribution in [-0.4, -0.2) is 73.3 Å². The number of likely N-dealkylation sites (N-methyl/N-ethyl adjacent to an activating group) is 1. The highest BCUT2D eigenvalue weighted by Crippen LogP contribution is 2.78. The Labute approximate surface area is 308 Å². The molecule has 3 unspecified atom stereocenters. The van der Waals surface area contributed by atoms with E-state index < -0.39 is 17.4 Å². The zero-order valence-corrected chi connectivity index (χ0v) is 33.5. The van der Waals surface area contributed by atoms with Crippen molar-refractivity contribution in [3.8, 4) is 0 Å². The highest BCUT2D eigenvalue weighted by molar-refractivity contribution is 5.81. The summed E-state index contributed by atoms with van der Waals surface area (Å²) in [6.45, 7) is 25.5. The van der Waals surface area contributed by atoms with Crippen molar-refractivity contribution in [2.75, 3.05) is 33.3 Å². The Morgan fingerprint density at radius 2 is 1.67 bits per heavy atom. The average molecular weight is 711 g/mol. The number of nitrogens with zero attached hydrogens (tertiary/aromatic N) is 1. The Kier molecular flexibility index (Phi) is 10.2. The second-order valence-corrected chi connectivity index (χ2v) is 20.4. The van der Waals surface area contributed by atoms with E-state index in [1.54, 1.807) is 13.8 Å². The molecule has 1 aliphatic heterocycles. The number of morpholine rings is 1. The Bertz CT molecular complexity index is 1390. The lowest BCUT2D eigenvalue weighted by Gasteiger charge is -2.73. The smallest absolute Gasteiger partial charge is 0.309 e. The molecule has 6 rings (SSSR count). The summed E-state index contributed by atoms with van der Waals surface area (Å²) >= 11 is 0. The summed E-state index contributed by atoms with van der Waals surface area (Å²) in [6.07, 6.45) is 11.5. The maximum Gasteiger partial charge on any atom is 0.309 e. The van der Waals surface area contributed by atoms with Gasteiger partial charge >= 0.3 is 11.9 Å². The molecular formula is C43H70N2O6. The Morgan fingerprint density at radius 1 is 0.941 bits per heavy atom. The summed E-state index contributed by atoms with van der Waals surface area (Å²) in [5.74, 6) is 1.46. The van der Waals surface area contributed by atoms with Crippen LogP contribution in [0.5, 0.6) is 0 Å². The van der Waals surface area contributed by atoms with Gasteiger partial charge in [0, 0.05) is 38.5 Å². The van der Waals surface area contributed by atoms with Crippen molar-refractivity contribution < 1.29 is 29.0 Å². The molecule has 5 saturated carbocycles. The fraction of sp³-hybridized carbons (Fsp3) is 0.884. The second kappa shape index (κ2) is 13.4. The van der Waals surface area contributed by atoms with E-state index in [1.807, 2.05) is 11.9 Å². The number of carboxylic acid groups (broad SMARTS) is 1. The third-order valence-corrected chi connectivity index (χ3v) is 17.0. The van der Waals surface area contributed by atoms with Crippen LogP contribution in [0.1, 0.15) is 132 Å². The first-order valence-electron chi connectivity index (χ1n) is 20.4. The molecule has 0 radical (unpaired) electrons. The number of carboxylic acids is 1. The number of allylic oxidation sites excluding steroid dienone is 1. The van der Waals surface area contributed by atoms with Gasteiger partial charge in [0.05, 0.1) is 24.5 Å². The summed E-state index contributed by atoms with van der Waals surface area (Å²) < 4.78 is 12.1. The van der Waals surface area contributed by atoms with E-state index >= 15 is 0 Å². The van der Waals surface area contributed by atoms with Crippen molar-refractivity contribution >= 4 is 17.8 Å². The summed E-state index contributed by atoms with van der Waals surface area (Å²) in [5.41, 5.74) is 0.510. The summed E-state index contributed by atoms with van der Waals surface area (Å²) in [7, 11) is 1.98. The fourth-order valence-electron chi connectivity index (χ4n) is 14.0. The maximum atomic E-state index is 14.1. The van der Waals surface area contributed by atoms with Gasteiger partial charge in [0.15, 0.2) is 0 Å². The number of rotatable bonds is 9. The minimum atomic E-state index is -1.14. The van der Waals surface area contributed by atoms with Gasteiger partial charge in [-0.2, -0.15) is 0 Å². The Hall–Kier alpha value is -1.93. The van der Waals surface area contributed by atoms with Crippen LogP contribution in [0, 0.1) is 62.1 Å². The molecule has 0 aromatic carbocycles. The van der Waals surface area contributed by atoms with Gasteiger partial charge in [-0.25, -0.2) is 0 Å². The molecule has 1 heterocycles. The molecule has 5 aliphatic carbocycles. The van der Waals surface area contributed by atoms with Crippen molar-refractivity contribution in [2.24, 2.45) is 62.1 Å². The molecule has 2 N–H and O–H groups in total. The van der Waals surface area contributed by atoms with Gasteiger partial charge in [-0.15, -0.1) is 0 Å². The fourth-order valence-corrected chi connectivity index (χ4v) is 14.0. The Balaban J connectivity index is 1.22. The second-order valence-electron chi connectivity index (χ2n) is 20.4. The predicted molar refractivity (Wildman–Crippen MR) is 200 cm³/mol. The van der Waals surface area contributed by atoms with E-state index in [9.17, 15) is 19.5 Å². The minimum absolute atomic E-state index is 0.0360. The van der Waals surface area contributed by atoms with Gasteiger partial charge in [-0.3, -0.25) is 14.4 Å². The first kappa shape index (κ1) is 38.8. The number of ether oxygens (including phenoxy) is 2. The molecule has 8 nitrogen and oxygen atoms in total. The lowest BCUT2D eigenvalue weighted by atomic mass is 9.32. The number of esters is 1. The molecule has 51 heavy (non-hydrogen) atoms. The summed E-state index contributed by atoms with van der Waals surface area (Å²) in [5, 5.41) is 13.0. The van der Waals surface area contributed by atoms with Crippen LogP contribution in [0.15, 0.2) is 12.2 Å². The van der Waals surface area contributed by atoms with Crippen LogP contribution in [-0.2, 0) is 23.9 Å². The van der Waals surface area contributed by atoms with E-state index in [-0.39, 0.29) is 51.6 Å². The molecule has 0 aromatic heterocycles. The van der Waals surface area contributed by atoms with Crippen molar-refractivity contribution in [1.82, 2.24) is 10.2 Å². The van der Waals surface area contributed by atoms with Crippen LogP contribution in [0.25, 0.3) is 0 Å². The largest absolute Gasteiger partial charge is 0.481 e. The molecule has 6 aliphatic rings. The normalized spacial score (nSPS) is 43.1. The molecule has 0 spiro atoms. The monoisotopic (exact) mass is 711 g/mol. The van der Waals surface area contributed by atoms with Crippen molar-refractivity contribution in [2.45, 2.75) is 145 Å². The van der Waals surface area contributed by atoms with Crippen LogP contribution < -0.4 is 5.32 Å². The summed E-state index contributed by atoms with van der Waals surface area (Å²) in [6, 6.07) is 0. The van der Waals surface area contributed by atoms with Crippen LogP contribution >= 0.6 is 0 Å². The van der Waals surface area contributed by atoms with E-state index in [2.05, 4.69) is 53.4 Å². The lowest BCUT2D eigenvalue weighted by molar-refractivity contribution is -0.250. The van der Waals surface area contributed by atoms with Gasteiger partial charge in [-0.1, -0.05) is 46.8 Å². The number of carbonyl (C=O) groups is 3. The van der Waals surface area contributed by atoms with Crippen molar-refractivity contribution in [1.29, 1.82) is 0 Å². The summed E-state index contributed by atoms with van der Waals surface area (Å²) in [4.78, 5) is 40.8. The SMILES string of the molecule is C=C(C)[C@@H]1CC[C@]2(CC(=O)N(C)CC3CNCCO3)CC[C@]3(C)[C@H](CCC4[C@@]5(C)CC[C@H](OC(=O)CC(C)(C)C(=O)O)C(C)(C)C5CC[C@]43C)[C@@H]12. The lowest BCUT2D eigenvalue weighted by Crippen LogP contribution is -2.67. The number of amides is 1. The van der Waals surface area contributed by atoms with E-state index in [1.165, 1.54) is 31.3 Å². The van der Waals surface area contributed by atoms with Gasteiger partial charge in [0.1, 0.15) is 6.10 Å². The first-order chi connectivity index (χ1) is 23.7. The molecule has 0 bridgehead atoms. The highest BCUT2D eigenvalue weighted by atomic mass is 16.5. The van der Waals surface area contributed by atoms with Gasteiger partial charge in [0.2, 0.25) is 5.91 Å². The topological polar surface area (TPSA) is 105 Å². The van der Waals surface area contributed by atoms with Gasteiger partial charge in [-0.05, 0) is 136 Å². The predicted octanol–water partition coefficient (Wildman–Crippen LogP) is 7.89. The number of nitrogens with one attached hydrogen (secondary N) is 1. The maximum absolute atomic E-state index is 14.1. The molecule has 11 atom stereocenters. The van der Waals surface area contributed by atoms with Gasteiger partial charge in [0.25, 0.3) is 0 Å². The third-order valence-electron chi connectivity index (χ3n) is 17.0. The van der Waals surface area contributed by atoms with Crippen LogP contribution in [0.2, 0.25) is 0 Å². The molecule has 1 amide bonds. The molecule has 288 valence electrons. The first-order valence-corrected chi connectivity index (χ1v) is 20.4. The molecule has 1 saturated heterocycles. The number of hydrogen-bond donors (Lipinski definition) is 2. The highest BCUT2D eigenvalue weighted by Gasteiger charge is 2.71. The number of hydrogen-bond acceptors (Lipinski definition) is 6. The number of aliphatic carboxylic acids is 1. The molecule has 8 heteroatoms. The molecule has 6 fully saturated rings. The van der Waals surface area contributed by atoms with E-state index in [0.717, 1.165) is 51.6 Å². The van der Waals surface area contributed by atoms with Gasteiger partial charge < -0.3 is 24.8 Å². The van der Waals surface area contributed by atoms with E-state index in [4.69, 9.17) is 9.47 Å². The molecular weight excluding hydrogens is 640 g/mol. The Morgan fingerprint density at radius 3 is 2.31 bits per heavy atom. The number of fused-ring (bicyclic) bond motifs is 7. The minimum Gasteiger partial charge on any atom is -0.481 e. The van der Waals surface area contributed by atoms with Crippen molar-refractivity contribution in [3.63, 3.8) is 0 Å². The number of carbonyl (C=O) groups excluding carboxylic acids is 2. The van der Waals surface area contributed by atoms with Crippen LogP contribution in [0.3, 0.4) is 0 Å². The molecule has 0 aromatic rings. The quantitative estimate of drug-likeness (QED) is 0.185. The zero-order valence-electron chi connectivity index (χ0n) is 33.5.